The molecule has 70 valence electrons. The van der Waals surface area contributed by atoms with Crippen molar-refractivity contribution in [3.63, 3.8) is 0 Å². The third-order valence-electron chi connectivity index (χ3n) is 1.54. The van der Waals surface area contributed by atoms with Crippen molar-refractivity contribution in [1.82, 2.24) is 19.9 Å². The zero-order chi connectivity index (χ0) is 9.97. The molecule has 0 aromatic carbocycles. The van der Waals surface area contributed by atoms with Crippen molar-refractivity contribution in [2.45, 2.75) is 0 Å². The van der Waals surface area contributed by atoms with Gasteiger partial charge in [0.2, 0.25) is 5.95 Å². The monoisotopic (exact) mass is 207 g/mol. The van der Waals surface area contributed by atoms with Crippen LogP contribution in [0.3, 0.4) is 0 Å². The summed E-state index contributed by atoms with van der Waals surface area (Å²) in [4.78, 5) is 15.7. The number of anilines is 1. The van der Waals surface area contributed by atoms with Gasteiger partial charge in [0.25, 0.3) is 0 Å². The molecule has 5 nitrogen and oxygen atoms in total. The van der Waals surface area contributed by atoms with Crippen molar-refractivity contribution in [2.75, 3.05) is 5.73 Å². The van der Waals surface area contributed by atoms with E-state index in [-0.39, 0.29) is 5.95 Å². The van der Waals surface area contributed by atoms with Gasteiger partial charge in [-0.3, -0.25) is 4.98 Å². The predicted octanol–water partition coefficient (Wildman–Crippen LogP) is 1.17. The van der Waals surface area contributed by atoms with E-state index in [0.717, 1.165) is 0 Å². The van der Waals surface area contributed by atoms with Gasteiger partial charge < -0.3 is 5.73 Å². The molecule has 0 aliphatic rings. The van der Waals surface area contributed by atoms with E-state index in [2.05, 4.69) is 19.9 Å². The Kier molecular flexibility index (Phi) is 2.24. The third-order valence-corrected chi connectivity index (χ3v) is 1.72. The highest BCUT2D eigenvalue weighted by Gasteiger charge is 2.02. The van der Waals surface area contributed by atoms with Gasteiger partial charge in [0, 0.05) is 6.20 Å². The molecule has 14 heavy (non-hydrogen) atoms. The summed E-state index contributed by atoms with van der Waals surface area (Å²) < 4.78 is 0. The second kappa shape index (κ2) is 3.55. The first-order valence-corrected chi connectivity index (χ1v) is 4.20. The second-order valence-corrected chi connectivity index (χ2v) is 2.91. The maximum absolute atomic E-state index is 5.69. The van der Waals surface area contributed by atoms with E-state index in [0.29, 0.717) is 16.5 Å². The number of aromatic nitrogens is 4. The smallest absolute Gasteiger partial charge is 0.220 e. The Morgan fingerprint density at radius 2 is 2.00 bits per heavy atom. The molecule has 0 saturated carbocycles. The largest absolute Gasteiger partial charge is 0.368 e. The van der Waals surface area contributed by atoms with Crippen molar-refractivity contribution in [1.29, 1.82) is 0 Å². The minimum absolute atomic E-state index is 0.198. The van der Waals surface area contributed by atoms with E-state index in [4.69, 9.17) is 17.3 Å². The van der Waals surface area contributed by atoms with Crippen molar-refractivity contribution in [2.24, 2.45) is 0 Å². The quantitative estimate of drug-likeness (QED) is 0.760. The van der Waals surface area contributed by atoms with Crippen LogP contribution in [0.2, 0.25) is 5.15 Å². The van der Waals surface area contributed by atoms with Crippen LogP contribution in [0.25, 0.3) is 11.4 Å². The number of nitrogens with zero attached hydrogens (tertiary/aromatic N) is 4. The molecule has 0 radical (unpaired) electrons. The average Bonchev–Trinajstić information content (AvgIpc) is 2.18. The maximum atomic E-state index is 5.69. The van der Waals surface area contributed by atoms with E-state index >= 15 is 0 Å². The summed E-state index contributed by atoms with van der Waals surface area (Å²) in [5.41, 5.74) is 6.61. The summed E-state index contributed by atoms with van der Waals surface area (Å²) in [7, 11) is 0. The van der Waals surface area contributed by atoms with Crippen LogP contribution in [0.15, 0.2) is 24.7 Å². The molecule has 2 aromatic heterocycles. The first kappa shape index (κ1) is 8.83. The minimum Gasteiger partial charge on any atom is -0.368 e. The van der Waals surface area contributed by atoms with Crippen molar-refractivity contribution < 1.29 is 0 Å². The van der Waals surface area contributed by atoms with Gasteiger partial charge in [-0.05, 0) is 6.07 Å². The van der Waals surface area contributed by atoms with Crippen LogP contribution in [0.1, 0.15) is 0 Å². The van der Waals surface area contributed by atoms with Gasteiger partial charge in [-0.15, -0.1) is 0 Å². The lowest BCUT2D eigenvalue weighted by atomic mass is 10.3. The zero-order valence-corrected chi connectivity index (χ0v) is 7.81. The summed E-state index contributed by atoms with van der Waals surface area (Å²) in [6.07, 6.45) is 4.57. The lowest BCUT2D eigenvalue weighted by Crippen LogP contribution is -1.96. The minimum atomic E-state index is 0.198. The zero-order valence-electron chi connectivity index (χ0n) is 7.05. The van der Waals surface area contributed by atoms with Crippen LogP contribution in [-0.4, -0.2) is 19.9 Å². The topological polar surface area (TPSA) is 77.6 Å². The van der Waals surface area contributed by atoms with Crippen LogP contribution >= 0.6 is 11.6 Å². The summed E-state index contributed by atoms with van der Waals surface area (Å²) in [5.74, 6) is 0.198. The molecule has 2 heterocycles. The van der Waals surface area contributed by atoms with Gasteiger partial charge >= 0.3 is 0 Å². The Labute approximate surface area is 85.0 Å². The molecule has 0 amide bonds. The van der Waals surface area contributed by atoms with Gasteiger partial charge in [0.05, 0.1) is 18.1 Å². The van der Waals surface area contributed by atoms with Crippen LogP contribution in [-0.2, 0) is 0 Å². The Balaban J connectivity index is 2.49. The van der Waals surface area contributed by atoms with E-state index in [9.17, 15) is 0 Å². The number of nitrogen functional groups attached to an aromatic ring is 1. The Bertz CT molecular complexity index is 415. The number of halogens is 1. The van der Waals surface area contributed by atoms with Crippen LogP contribution in [0, 0.1) is 0 Å². The van der Waals surface area contributed by atoms with E-state index in [1.165, 1.54) is 6.20 Å². The number of nitrogens with two attached hydrogens (primary N) is 1. The third kappa shape index (κ3) is 1.77. The highest BCUT2D eigenvalue weighted by Crippen LogP contribution is 2.14. The van der Waals surface area contributed by atoms with Gasteiger partial charge in [0.15, 0.2) is 0 Å². The maximum Gasteiger partial charge on any atom is 0.220 e. The van der Waals surface area contributed by atoms with Crippen molar-refractivity contribution in [3.8, 4) is 11.4 Å². The summed E-state index contributed by atoms with van der Waals surface area (Å²) in [6, 6.07) is 1.69. The highest BCUT2D eigenvalue weighted by atomic mass is 35.5. The molecule has 2 rings (SSSR count). The molecule has 0 aliphatic heterocycles. The van der Waals surface area contributed by atoms with E-state index in [1.807, 2.05) is 0 Å². The molecule has 0 spiro atoms. The lowest BCUT2D eigenvalue weighted by Gasteiger charge is -1.99. The fourth-order valence-corrected chi connectivity index (χ4v) is 1.13. The fourth-order valence-electron chi connectivity index (χ4n) is 0.982. The number of rotatable bonds is 1. The number of hydrogen-bond donors (Lipinski definition) is 1. The van der Waals surface area contributed by atoms with Crippen molar-refractivity contribution in [3.05, 3.63) is 29.8 Å². The van der Waals surface area contributed by atoms with Gasteiger partial charge in [0.1, 0.15) is 10.8 Å². The molecule has 0 saturated heterocycles. The van der Waals surface area contributed by atoms with Gasteiger partial charge in [-0.2, -0.15) is 0 Å². The van der Waals surface area contributed by atoms with Crippen LogP contribution in [0.5, 0.6) is 0 Å². The molecular weight excluding hydrogens is 202 g/mol. The first-order chi connectivity index (χ1) is 6.75. The Morgan fingerprint density at radius 3 is 2.71 bits per heavy atom. The van der Waals surface area contributed by atoms with Gasteiger partial charge in [-0.25, -0.2) is 15.0 Å². The molecule has 6 heteroatoms. The highest BCUT2D eigenvalue weighted by molar-refractivity contribution is 6.29. The van der Waals surface area contributed by atoms with E-state index in [1.54, 1.807) is 18.5 Å². The molecule has 2 aromatic rings. The molecule has 0 fully saturated rings. The fraction of sp³-hybridized carbons (Fsp3) is 0. The number of hydrogen-bond acceptors (Lipinski definition) is 5. The molecule has 2 N–H and O–H groups in total. The van der Waals surface area contributed by atoms with Crippen LogP contribution in [0.4, 0.5) is 5.95 Å². The molecule has 0 atom stereocenters. The Morgan fingerprint density at radius 1 is 1.14 bits per heavy atom. The van der Waals surface area contributed by atoms with E-state index < -0.39 is 0 Å². The molecule has 0 bridgehead atoms. The molecule has 0 unspecified atom stereocenters. The summed E-state index contributed by atoms with van der Waals surface area (Å²) >= 11 is 5.69. The lowest BCUT2D eigenvalue weighted by molar-refractivity contribution is 1.14. The predicted molar refractivity (Wildman–Crippen MR) is 52.5 cm³/mol. The normalized spacial score (nSPS) is 10.1. The average molecular weight is 208 g/mol. The first-order valence-electron chi connectivity index (χ1n) is 3.82. The molecule has 0 aliphatic carbocycles. The summed E-state index contributed by atoms with van der Waals surface area (Å²) in [5, 5.41) is 0.319. The SMILES string of the molecule is Nc1nccc(-c2cncc(Cl)n2)n1. The Hall–Kier alpha value is -1.75. The summed E-state index contributed by atoms with van der Waals surface area (Å²) in [6.45, 7) is 0. The van der Waals surface area contributed by atoms with Gasteiger partial charge in [-0.1, -0.05) is 11.6 Å². The molecular formula is C8H6ClN5. The van der Waals surface area contributed by atoms with Crippen molar-refractivity contribution >= 4 is 17.5 Å². The standard InChI is InChI=1S/C8H6ClN5/c9-7-4-11-3-6(13-7)5-1-2-12-8(10)14-5/h1-4H,(H2,10,12,14). The second-order valence-electron chi connectivity index (χ2n) is 2.53. The van der Waals surface area contributed by atoms with Crippen LogP contribution < -0.4 is 5.73 Å².